The van der Waals surface area contributed by atoms with E-state index in [4.69, 9.17) is 10.2 Å². The lowest BCUT2D eigenvalue weighted by Crippen LogP contribution is -2.40. The second kappa shape index (κ2) is 6.71. The zero-order chi connectivity index (χ0) is 15.3. The fraction of sp³-hybridized carbons (Fsp3) is 0.462. The number of carbonyl (C=O) groups is 1. The molecule has 0 heterocycles. The predicted molar refractivity (Wildman–Crippen MR) is 66.7 cm³/mol. The highest BCUT2D eigenvalue weighted by Crippen LogP contribution is 2.20. The van der Waals surface area contributed by atoms with E-state index in [2.05, 4.69) is 0 Å². The van der Waals surface area contributed by atoms with Crippen molar-refractivity contribution in [1.82, 2.24) is 4.90 Å². The third kappa shape index (κ3) is 5.18. The van der Waals surface area contributed by atoms with E-state index in [0.29, 0.717) is 13.0 Å². The molecule has 7 heteroatoms. The van der Waals surface area contributed by atoms with E-state index in [-0.39, 0.29) is 5.56 Å². The molecule has 0 amide bonds. The summed E-state index contributed by atoms with van der Waals surface area (Å²) in [5.41, 5.74) is 0.984. The van der Waals surface area contributed by atoms with Gasteiger partial charge in [-0.3, -0.25) is 0 Å². The Labute approximate surface area is 114 Å². The van der Waals surface area contributed by atoms with E-state index in [1.165, 1.54) is 24.1 Å². The first-order valence-corrected chi connectivity index (χ1v) is 5.95. The molecule has 112 valence electrons. The van der Waals surface area contributed by atoms with E-state index in [9.17, 15) is 18.0 Å². The number of aromatic carboxylic acids is 1. The van der Waals surface area contributed by atoms with Gasteiger partial charge in [-0.1, -0.05) is 12.1 Å². The molecule has 2 N–H and O–H groups in total. The van der Waals surface area contributed by atoms with Crippen LogP contribution in [0, 0.1) is 0 Å². The fourth-order valence-corrected chi connectivity index (χ4v) is 1.62. The summed E-state index contributed by atoms with van der Waals surface area (Å²) in [6, 6.07) is 6.14. The number of hydrogen-bond acceptors (Lipinski definition) is 3. The maximum atomic E-state index is 12.2. The van der Waals surface area contributed by atoms with Gasteiger partial charge in [0.05, 0.1) is 5.56 Å². The SMILES string of the molecule is CN(CCc1ccc(C(=O)O)cc1)CC(O)C(F)(F)F. The van der Waals surface area contributed by atoms with E-state index >= 15 is 0 Å². The molecule has 20 heavy (non-hydrogen) atoms. The van der Waals surface area contributed by atoms with E-state index in [0.717, 1.165) is 5.56 Å². The monoisotopic (exact) mass is 291 g/mol. The zero-order valence-corrected chi connectivity index (χ0v) is 10.9. The summed E-state index contributed by atoms with van der Waals surface area (Å²) in [5.74, 6) is -1.03. The standard InChI is InChI=1S/C13H16F3NO3/c1-17(8-11(18)13(14,15)16)7-6-9-2-4-10(5-3-9)12(19)20/h2-5,11,18H,6-8H2,1H3,(H,19,20). The average Bonchev–Trinajstić information content (AvgIpc) is 2.35. The minimum atomic E-state index is -4.61. The number of rotatable bonds is 6. The maximum Gasteiger partial charge on any atom is 0.415 e. The van der Waals surface area contributed by atoms with Crippen molar-refractivity contribution >= 4 is 5.97 Å². The van der Waals surface area contributed by atoms with Crippen molar-refractivity contribution in [3.05, 3.63) is 35.4 Å². The van der Waals surface area contributed by atoms with Crippen molar-refractivity contribution in [1.29, 1.82) is 0 Å². The first-order chi connectivity index (χ1) is 9.20. The second-order valence-corrected chi connectivity index (χ2v) is 4.57. The molecule has 0 radical (unpaired) electrons. The van der Waals surface area contributed by atoms with E-state index in [1.807, 2.05) is 0 Å². The third-order valence-corrected chi connectivity index (χ3v) is 2.85. The topological polar surface area (TPSA) is 60.8 Å². The Morgan fingerprint density at radius 2 is 1.85 bits per heavy atom. The molecule has 1 aromatic rings. The lowest BCUT2D eigenvalue weighted by Gasteiger charge is -2.22. The van der Waals surface area contributed by atoms with Crippen LogP contribution in [0.5, 0.6) is 0 Å². The number of carboxylic acids is 1. The predicted octanol–water partition coefficient (Wildman–Crippen LogP) is 1.78. The van der Waals surface area contributed by atoms with Crippen LogP contribution in [-0.2, 0) is 6.42 Å². The molecule has 1 rings (SSSR count). The van der Waals surface area contributed by atoms with Crippen molar-refractivity contribution in [3.63, 3.8) is 0 Å². The Balaban J connectivity index is 2.45. The summed E-state index contributed by atoms with van der Waals surface area (Å²) in [6.07, 6.45) is -6.50. The number of nitrogens with zero attached hydrogens (tertiary/aromatic N) is 1. The molecule has 4 nitrogen and oxygen atoms in total. The lowest BCUT2D eigenvalue weighted by molar-refractivity contribution is -0.207. The molecule has 0 aliphatic heterocycles. The molecular weight excluding hydrogens is 275 g/mol. The minimum Gasteiger partial charge on any atom is -0.478 e. The number of carboxylic acid groups (broad SMARTS) is 1. The Kier molecular flexibility index (Phi) is 5.52. The van der Waals surface area contributed by atoms with Crippen LogP contribution >= 0.6 is 0 Å². The van der Waals surface area contributed by atoms with Crippen molar-refractivity contribution in [2.24, 2.45) is 0 Å². The smallest absolute Gasteiger partial charge is 0.415 e. The van der Waals surface area contributed by atoms with Crippen molar-refractivity contribution in [2.45, 2.75) is 18.7 Å². The number of likely N-dealkylation sites (N-methyl/N-ethyl adjacent to an activating group) is 1. The molecule has 1 atom stereocenters. The molecule has 1 aromatic carbocycles. The van der Waals surface area contributed by atoms with E-state index < -0.39 is 24.8 Å². The molecule has 0 saturated heterocycles. The number of halogens is 3. The summed E-state index contributed by atoms with van der Waals surface area (Å²) in [6.45, 7) is -0.156. The van der Waals surface area contributed by atoms with Crippen LogP contribution in [0.25, 0.3) is 0 Å². The quantitative estimate of drug-likeness (QED) is 0.839. The van der Waals surface area contributed by atoms with Gasteiger partial charge in [-0.2, -0.15) is 13.2 Å². The van der Waals surface area contributed by atoms with Gasteiger partial charge in [0.1, 0.15) is 0 Å². The maximum absolute atomic E-state index is 12.2. The molecule has 0 saturated carbocycles. The Hall–Kier alpha value is -1.60. The highest BCUT2D eigenvalue weighted by Gasteiger charge is 2.38. The number of hydrogen-bond donors (Lipinski definition) is 2. The fourth-order valence-electron chi connectivity index (χ4n) is 1.62. The Morgan fingerprint density at radius 3 is 2.30 bits per heavy atom. The van der Waals surface area contributed by atoms with E-state index in [1.54, 1.807) is 12.1 Å². The van der Waals surface area contributed by atoms with Crippen LogP contribution in [0.3, 0.4) is 0 Å². The van der Waals surface area contributed by atoms with Crippen LogP contribution in [0.4, 0.5) is 13.2 Å². The molecule has 0 fully saturated rings. The summed E-state index contributed by atoms with van der Waals surface area (Å²) in [4.78, 5) is 12.0. The summed E-state index contributed by atoms with van der Waals surface area (Å²) >= 11 is 0. The number of alkyl halides is 3. The van der Waals surface area contributed by atoms with Crippen molar-refractivity contribution < 1.29 is 28.2 Å². The second-order valence-electron chi connectivity index (χ2n) is 4.57. The summed E-state index contributed by atoms with van der Waals surface area (Å²) in [7, 11) is 1.49. The van der Waals surface area contributed by atoms with Gasteiger partial charge in [-0.05, 0) is 31.2 Å². The Morgan fingerprint density at radius 1 is 1.30 bits per heavy atom. The zero-order valence-electron chi connectivity index (χ0n) is 10.9. The number of aliphatic hydroxyl groups is 1. The van der Waals surface area contributed by atoms with Gasteiger partial charge >= 0.3 is 12.1 Å². The number of aliphatic hydroxyl groups excluding tert-OH is 1. The van der Waals surface area contributed by atoms with Crippen LogP contribution < -0.4 is 0 Å². The Bertz CT molecular complexity index is 445. The normalized spacial score (nSPS) is 13.5. The van der Waals surface area contributed by atoms with Gasteiger partial charge in [0.2, 0.25) is 0 Å². The van der Waals surface area contributed by atoms with Crippen LogP contribution in [-0.4, -0.2) is 53.5 Å². The summed E-state index contributed by atoms with van der Waals surface area (Å²) in [5, 5.41) is 17.6. The summed E-state index contributed by atoms with van der Waals surface area (Å²) < 4.78 is 36.5. The van der Waals surface area contributed by atoms with Crippen molar-refractivity contribution in [2.75, 3.05) is 20.1 Å². The average molecular weight is 291 g/mol. The molecular formula is C13H16F3NO3. The van der Waals surface area contributed by atoms with Crippen molar-refractivity contribution in [3.8, 4) is 0 Å². The molecule has 0 aromatic heterocycles. The van der Waals surface area contributed by atoms with Crippen LogP contribution in [0.2, 0.25) is 0 Å². The first kappa shape index (κ1) is 16.5. The molecule has 0 aliphatic carbocycles. The molecule has 0 aliphatic rings. The number of benzene rings is 1. The van der Waals surface area contributed by atoms with Gasteiger partial charge in [0, 0.05) is 13.1 Å². The minimum absolute atomic E-state index is 0.162. The van der Waals surface area contributed by atoms with Gasteiger partial charge in [-0.25, -0.2) is 4.79 Å². The van der Waals surface area contributed by atoms with Gasteiger partial charge in [0.25, 0.3) is 0 Å². The first-order valence-electron chi connectivity index (χ1n) is 5.95. The van der Waals surface area contributed by atoms with Gasteiger partial charge in [0.15, 0.2) is 6.10 Å². The molecule has 1 unspecified atom stereocenters. The van der Waals surface area contributed by atoms with Gasteiger partial charge < -0.3 is 15.1 Å². The third-order valence-electron chi connectivity index (χ3n) is 2.85. The molecule has 0 bridgehead atoms. The largest absolute Gasteiger partial charge is 0.478 e. The van der Waals surface area contributed by atoms with Crippen LogP contribution in [0.15, 0.2) is 24.3 Å². The highest BCUT2D eigenvalue weighted by molar-refractivity contribution is 5.87. The van der Waals surface area contributed by atoms with Gasteiger partial charge in [-0.15, -0.1) is 0 Å². The molecule has 0 spiro atoms. The van der Waals surface area contributed by atoms with Crippen LogP contribution in [0.1, 0.15) is 15.9 Å². The highest BCUT2D eigenvalue weighted by atomic mass is 19.4. The lowest BCUT2D eigenvalue weighted by atomic mass is 10.1.